The molecule has 1 saturated carbocycles. The molecule has 1 spiro atoms. The number of hydrogen-bond donors (Lipinski definition) is 2. The largest absolute Gasteiger partial charge is 0.495 e. The molecule has 1 atom stereocenters. The molecule has 1 aliphatic carbocycles. The van der Waals surface area contributed by atoms with Crippen molar-refractivity contribution in [3.8, 4) is 17.0 Å². The van der Waals surface area contributed by atoms with E-state index in [1.54, 1.807) is 7.11 Å². The second kappa shape index (κ2) is 8.19. The molecule has 0 radical (unpaired) electrons. The summed E-state index contributed by atoms with van der Waals surface area (Å²) in [5, 5.41) is 10.5. The lowest BCUT2D eigenvalue weighted by molar-refractivity contribution is -0.118. The van der Waals surface area contributed by atoms with Crippen LogP contribution in [-0.4, -0.2) is 41.2 Å². The third kappa shape index (κ3) is 3.95. The van der Waals surface area contributed by atoms with E-state index in [4.69, 9.17) is 4.74 Å². The fourth-order valence-corrected chi connectivity index (χ4v) is 4.92. The maximum absolute atomic E-state index is 12.9. The molecular formula is C25H28N4O2. The Hall–Kier alpha value is -3.12. The number of ether oxygens (including phenoxy) is 1. The summed E-state index contributed by atoms with van der Waals surface area (Å²) >= 11 is 0. The SMILES string of the molecule is COc1ccccc1NC(=O)[C@H]1CC12CCN(Cc1cn[nH]c1-c1ccccc1)CC2. The fraction of sp³-hybridized carbons (Fsp3) is 0.360. The summed E-state index contributed by atoms with van der Waals surface area (Å²) in [5.41, 5.74) is 4.41. The van der Waals surface area contributed by atoms with Gasteiger partial charge >= 0.3 is 0 Å². The normalized spacial score (nSPS) is 19.8. The zero-order valence-corrected chi connectivity index (χ0v) is 17.8. The molecule has 31 heavy (non-hydrogen) atoms. The van der Waals surface area contributed by atoms with Crippen LogP contribution in [0.15, 0.2) is 60.8 Å². The van der Waals surface area contributed by atoms with Crippen molar-refractivity contribution in [1.29, 1.82) is 0 Å². The minimum Gasteiger partial charge on any atom is -0.495 e. The standard InChI is InChI=1S/C25H28N4O2/c1-31-22-10-6-5-9-21(22)27-24(30)20-15-25(20)11-13-29(14-12-25)17-19-16-26-28-23(19)18-7-3-2-4-8-18/h2-10,16,20H,11-15,17H2,1H3,(H,26,28)(H,27,30)/t20-/m1/s1. The molecule has 5 rings (SSSR count). The highest BCUT2D eigenvalue weighted by molar-refractivity contribution is 5.96. The number of hydrogen-bond acceptors (Lipinski definition) is 4. The topological polar surface area (TPSA) is 70.2 Å². The number of aromatic amines is 1. The summed E-state index contributed by atoms with van der Waals surface area (Å²) in [5.74, 6) is 0.933. The molecule has 1 aromatic heterocycles. The van der Waals surface area contributed by atoms with E-state index in [1.807, 2.05) is 48.7 Å². The summed E-state index contributed by atoms with van der Waals surface area (Å²) in [6.45, 7) is 2.91. The van der Waals surface area contributed by atoms with Gasteiger partial charge in [-0.2, -0.15) is 5.10 Å². The van der Waals surface area contributed by atoms with Gasteiger partial charge in [-0.15, -0.1) is 0 Å². The number of benzene rings is 2. The number of anilines is 1. The van der Waals surface area contributed by atoms with Crippen molar-refractivity contribution >= 4 is 11.6 Å². The van der Waals surface area contributed by atoms with Gasteiger partial charge in [0.2, 0.25) is 5.91 Å². The van der Waals surface area contributed by atoms with Crippen molar-refractivity contribution in [2.75, 3.05) is 25.5 Å². The summed E-state index contributed by atoms with van der Waals surface area (Å²) in [7, 11) is 1.63. The van der Waals surface area contributed by atoms with E-state index in [1.165, 1.54) is 11.1 Å². The van der Waals surface area contributed by atoms with Crippen molar-refractivity contribution < 1.29 is 9.53 Å². The number of likely N-dealkylation sites (tertiary alicyclic amines) is 1. The molecule has 6 heteroatoms. The summed E-state index contributed by atoms with van der Waals surface area (Å²) in [6.07, 6.45) is 5.06. The second-order valence-electron chi connectivity index (χ2n) is 8.72. The highest BCUT2D eigenvalue weighted by Gasteiger charge is 2.58. The highest BCUT2D eigenvalue weighted by atomic mass is 16.5. The number of piperidine rings is 1. The lowest BCUT2D eigenvalue weighted by Crippen LogP contribution is -2.35. The maximum Gasteiger partial charge on any atom is 0.228 e. The first kappa shape index (κ1) is 19.8. The molecule has 2 aromatic carbocycles. The van der Waals surface area contributed by atoms with Crippen molar-refractivity contribution in [2.45, 2.75) is 25.8 Å². The molecule has 2 heterocycles. The van der Waals surface area contributed by atoms with Gasteiger partial charge in [0.15, 0.2) is 0 Å². The number of carbonyl (C=O) groups is 1. The first-order chi connectivity index (χ1) is 15.2. The van der Waals surface area contributed by atoms with Crippen LogP contribution in [0.25, 0.3) is 11.3 Å². The number of para-hydroxylation sites is 2. The number of H-pyrrole nitrogens is 1. The average molecular weight is 417 g/mol. The minimum atomic E-state index is 0.105. The molecule has 1 aliphatic heterocycles. The number of methoxy groups -OCH3 is 1. The molecule has 2 fully saturated rings. The van der Waals surface area contributed by atoms with Gasteiger partial charge < -0.3 is 10.1 Å². The number of carbonyl (C=O) groups excluding carboxylic acids is 1. The van der Waals surface area contributed by atoms with Gasteiger partial charge in [0.1, 0.15) is 5.75 Å². The van der Waals surface area contributed by atoms with Crippen LogP contribution in [0.4, 0.5) is 5.69 Å². The van der Waals surface area contributed by atoms with Crippen LogP contribution in [0, 0.1) is 11.3 Å². The quantitative estimate of drug-likeness (QED) is 0.628. The predicted molar refractivity (Wildman–Crippen MR) is 121 cm³/mol. The Morgan fingerprint density at radius 3 is 2.68 bits per heavy atom. The van der Waals surface area contributed by atoms with E-state index in [0.717, 1.165) is 50.3 Å². The summed E-state index contributed by atoms with van der Waals surface area (Å²) < 4.78 is 5.36. The second-order valence-corrected chi connectivity index (χ2v) is 8.72. The molecule has 2 aliphatic rings. The Kier molecular flexibility index (Phi) is 5.24. The van der Waals surface area contributed by atoms with Gasteiger partial charge in [0, 0.05) is 18.0 Å². The Morgan fingerprint density at radius 1 is 1.16 bits per heavy atom. The van der Waals surface area contributed by atoms with Gasteiger partial charge in [-0.3, -0.25) is 14.8 Å². The first-order valence-electron chi connectivity index (χ1n) is 10.9. The van der Waals surface area contributed by atoms with Crippen molar-refractivity contribution in [3.05, 3.63) is 66.4 Å². The van der Waals surface area contributed by atoms with Crippen LogP contribution in [0.2, 0.25) is 0 Å². The molecule has 0 unspecified atom stereocenters. The van der Waals surface area contributed by atoms with Crippen LogP contribution >= 0.6 is 0 Å². The lowest BCUT2D eigenvalue weighted by atomic mass is 9.90. The lowest BCUT2D eigenvalue weighted by Gasteiger charge is -2.32. The zero-order chi connectivity index (χ0) is 21.3. The van der Waals surface area contributed by atoms with Crippen LogP contribution < -0.4 is 10.1 Å². The van der Waals surface area contributed by atoms with Gasteiger partial charge in [-0.05, 0) is 55.5 Å². The Labute approximate surface area is 182 Å². The Balaban J connectivity index is 1.18. The van der Waals surface area contributed by atoms with Crippen LogP contribution in [-0.2, 0) is 11.3 Å². The molecule has 1 amide bonds. The van der Waals surface area contributed by atoms with Crippen LogP contribution in [0.1, 0.15) is 24.8 Å². The van der Waals surface area contributed by atoms with Crippen molar-refractivity contribution in [2.24, 2.45) is 11.3 Å². The van der Waals surface area contributed by atoms with E-state index in [9.17, 15) is 4.79 Å². The van der Waals surface area contributed by atoms with Crippen molar-refractivity contribution in [1.82, 2.24) is 15.1 Å². The molecule has 6 nitrogen and oxygen atoms in total. The number of rotatable bonds is 6. The zero-order valence-electron chi connectivity index (χ0n) is 17.8. The highest BCUT2D eigenvalue weighted by Crippen LogP contribution is 2.59. The fourth-order valence-electron chi connectivity index (χ4n) is 4.92. The summed E-state index contributed by atoms with van der Waals surface area (Å²) in [4.78, 5) is 15.3. The number of nitrogens with zero attached hydrogens (tertiary/aromatic N) is 2. The molecular weight excluding hydrogens is 388 g/mol. The number of amides is 1. The number of nitrogens with one attached hydrogen (secondary N) is 2. The van der Waals surface area contributed by atoms with E-state index >= 15 is 0 Å². The van der Waals surface area contributed by atoms with E-state index < -0.39 is 0 Å². The van der Waals surface area contributed by atoms with E-state index in [0.29, 0.717) is 5.75 Å². The monoisotopic (exact) mass is 416 g/mol. The maximum atomic E-state index is 12.9. The predicted octanol–water partition coefficient (Wildman–Crippen LogP) is 4.33. The van der Waals surface area contributed by atoms with Gasteiger partial charge in [0.25, 0.3) is 0 Å². The van der Waals surface area contributed by atoms with Crippen molar-refractivity contribution in [3.63, 3.8) is 0 Å². The molecule has 3 aromatic rings. The first-order valence-corrected chi connectivity index (χ1v) is 10.9. The van der Waals surface area contributed by atoms with E-state index in [2.05, 4.69) is 32.5 Å². The minimum absolute atomic E-state index is 0.105. The van der Waals surface area contributed by atoms with Gasteiger partial charge in [-0.25, -0.2) is 0 Å². The third-order valence-electron chi connectivity index (χ3n) is 6.90. The average Bonchev–Trinajstić information content (AvgIpc) is 3.31. The summed E-state index contributed by atoms with van der Waals surface area (Å²) in [6, 6.07) is 17.9. The molecule has 2 N–H and O–H groups in total. The van der Waals surface area contributed by atoms with Crippen LogP contribution in [0.3, 0.4) is 0 Å². The smallest absolute Gasteiger partial charge is 0.228 e. The molecule has 1 saturated heterocycles. The van der Waals surface area contributed by atoms with Gasteiger partial charge in [0.05, 0.1) is 24.7 Å². The van der Waals surface area contributed by atoms with Gasteiger partial charge in [-0.1, -0.05) is 42.5 Å². The molecule has 0 bridgehead atoms. The van der Waals surface area contributed by atoms with E-state index in [-0.39, 0.29) is 17.2 Å². The Bertz CT molecular complexity index is 1050. The molecule has 160 valence electrons. The Morgan fingerprint density at radius 2 is 1.90 bits per heavy atom. The third-order valence-corrected chi connectivity index (χ3v) is 6.90. The van der Waals surface area contributed by atoms with Crippen LogP contribution in [0.5, 0.6) is 5.75 Å². The number of aromatic nitrogens is 2.